The zero-order valence-electron chi connectivity index (χ0n) is 15.5. The molecule has 2 heterocycles. The van der Waals surface area contributed by atoms with Crippen molar-refractivity contribution in [2.45, 2.75) is 6.92 Å². The molecule has 2 aromatic carbocycles. The molecule has 0 atom stereocenters. The van der Waals surface area contributed by atoms with E-state index in [9.17, 15) is 4.79 Å². The fourth-order valence-corrected chi connectivity index (χ4v) is 3.59. The quantitative estimate of drug-likeness (QED) is 0.695. The first kappa shape index (κ1) is 17.7. The van der Waals surface area contributed by atoms with Gasteiger partial charge in [0.1, 0.15) is 0 Å². The van der Waals surface area contributed by atoms with Crippen LogP contribution in [-0.4, -0.2) is 55.2 Å². The number of hydrogen-bond donors (Lipinski definition) is 2. The molecule has 1 fully saturated rings. The van der Waals surface area contributed by atoms with Gasteiger partial charge in [0.15, 0.2) is 0 Å². The van der Waals surface area contributed by atoms with Crippen molar-refractivity contribution in [1.82, 2.24) is 15.2 Å². The second-order valence-corrected chi connectivity index (χ2v) is 6.91. The maximum absolute atomic E-state index is 12.8. The molecule has 0 bridgehead atoms. The standard InChI is InChI=1S/C21H24N4O2/c1-14-4-2-5-15-18(22)16-6-3-7-17(20(16)24-19(14)15)21(26)23-8-9-25-10-12-27-13-11-25/h2-7H,8-13H2,1H3,(H2,22,24)(H,23,26). The fraction of sp³-hybridized carbons (Fsp3) is 0.333. The molecular weight excluding hydrogens is 340 g/mol. The molecule has 3 N–H and O–H groups in total. The number of nitrogens with two attached hydrogens (primary N) is 1. The predicted molar refractivity (Wildman–Crippen MR) is 108 cm³/mol. The summed E-state index contributed by atoms with van der Waals surface area (Å²) < 4.78 is 5.35. The van der Waals surface area contributed by atoms with Crippen LogP contribution in [0.5, 0.6) is 0 Å². The number of amides is 1. The second kappa shape index (κ2) is 7.50. The minimum absolute atomic E-state index is 0.117. The molecule has 6 nitrogen and oxygen atoms in total. The number of para-hydroxylation sites is 2. The summed E-state index contributed by atoms with van der Waals surface area (Å²) >= 11 is 0. The topological polar surface area (TPSA) is 80.5 Å². The van der Waals surface area contributed by atoms with Gasteiger partial charge in [-0.1, -0.05) is 30.3 Å². The highest BCUT2D eigenvalue weighted by Crippen LogP contribution is 2.31. The number of ether oxygens (including phenoxy) is 1. The molecular formula is C21H24N4O2. The highest BCUT2D eigenvalue weighted by molar-refractivity contribution is 6.13. The Hall–Kier alpha value is -2.70. The van der Waals surface area contributed by atoms with Gasteiger partial charge in [-0.15, -0.1) is 0 Å². The first-order valence-electron chi connectivity index (χ1n) is 9.31. The summed E-state index contributed by atoms with van der Waals surface area (Å²) in [6.07, 6.45) is 0. The molecule has 6 heteroatoms. The Bertz CT molecular complexity index is 996. The van der Waals surface area contributed by atoms with Crippen molar-refractivity contribution in [3.8, 4) is 0 Å². The minimum Gasteiger partial charge on any atom is -0.398 e. The van der Waals surface area contributed by atoms with Crippen molar-refractivity contribution in [2.75, 3.05) is 45.1 Å². The third kappa shape index (κ3) is 3.46. The number of nitrogen functional groups attached to an aromatic ring is 1. The molecule has 140 valence electrons. The molecule has 0 saturated carbocycles. The number of aryl methyl sites for hydroxylation is 1. The molecule has 0 radical (unpaired) electrons. The zero-order valence-corrected chi connectivity index (χ0v) is 15.5. The van der Waals surface area contributed by atoms with Crippen LogP contribution in [0.2, 0.25) is 0 Å². The van der Waals surface area contributed by atoms with Crippen LogP contribution < -0.4 is 11.1 Å². The van der Waals surface area contributed by atoms with Crippen LogP contribution in [0.15, 0.2) is 36.4 Å². The lowest BCUT2D eigenvalue weighted by Gasteiger charge is -2.26. The zero-order chi connectivity index (χ0) is 18.8. The number of nitrogens with zero attached hydrogens (tertiary/aromatic N) is 2. The van der Waals surface area contributed by atoms with E-state index in [0.29, 0.717) is 23.3 Å². The van der Waals surface area contributed by atoms with E-state index in [-0.39, 0.29) is 5.91 Å². The third-order valence-electron chi connectivity index (χ3n) is 5.14. The van der Waals surface area contributed by atoms with E-state index in [0.717, 1.165) is 54.7 Å². The maximum atomic E-state index is 12.8. The maximum Gasteiger partial charge on any atom is 0.253 e. The Kier molecular flexibility index (Phi) is 4.92. The second-order valence-electron chi connectivity index (χ2n) is 6.91. The van der Waals surface area contributed by atoms with Crippen LogP contribution in [0.25, 0.3) is 21.8 Å². The van der Waals surface area contributed by atoms with Gasteiger partial charge in [0.25, 0.3) is 5.91 Å². The van der Waals surface area contributed by atoms with Gasteiger partial charge >= 0.3 is 0 Å². The van der Waals surface area contributed by atoms with Crippen LogP contribution >= 0.6 is 0 Å². The highest BCUT2D eigenvalue weighted by atomic mass is 16.5. The van der Waals surface area contributed by atoms with Crippen molar-refractivity contribution in [3.63, 3.8) is 0 Å². The first-order chi connectivity index (χ1) is 13.1. The van der Waals surface area contributed by atoms with Gasteiger partial charge in [-0.3, -0.25) is 9.69 Å². The van der Waals surface area contributed by atoms with Gasteiger partial charge in [0.2, 0.25) is 0 Å². The number of carbonyl (C=O) groups is 1. The predicted octanol–water partition coefficient (Wildman–Crippen LogP) is 2.34. The average molecular weight is 364 g/mol. The number of fused-ring (bicyclic) bond motifs is 2. The first-order valence-corrected chi connectivity index (χ1v) is 9.31. The summed E-state index contributed by atoms with van der Waals surface area (Å²) in [5, 5.41) is 4.76. The van der Waals surface area contributed by atoms with Crippen LogP contribution in [-0.2, 0) is 4.74 Å². The molecule has 0 unspecified atom stereocenters. The van der Waals surface area contributed by atoms with Gasteiger partial charge in [-0.05, 0) is 18.6 Å². The van der Waals surface area contributed by atoms with Crippen LogP contribution in [0.3, 0.4) is 0 Å². The molecule has 1 saturated heterocycles. The van der Waals surface area contributed by atoms with E-state index >= 15 is 0 Å². The van der Waals surface area contributed by atoms with Crippen molar-refractivity contribution in [3.05, 3.63) is 47.5 Å². The van der Waals surface area contributed by atoms with Crippen molar-refractivity contribution in [2.24, 2.45) is 0 Å². The van der Waals surface area contributed by atoms with Gasteiger partial charge in [0, 0.05) is 37.0 Å². The number of morpholine rings is 1. The molecule has 0 spiro atoms. The number of pyridine rings is 1. The van der Waals surface area contributed by atoms with Crippen LogP contribution in [0, 0.1) is 6.92 Å². The van der Waals surface area contributed by atoms with E-state index < -0.39 is 0 Å². The molecule has 1 aliphatic heterocycles. The van der Waals surface area contributed by atoms with Crippen molar-refractivity contribution >= 4 is 33.4 Å². The molecule has 1 amide bonds. The summed E-state index contributed by atoms with van der Waals surface area (Å²) in [5.74, 6) is -0.117. The third-order valence-corrected chi connectivity index (χ3v) is 5.14. The van der Waals surface area contributed by atoms with Gasteiger partial charge in [0.05, 0.1) is 35.5 Å². The molecule has 4 rings (SSSR count). The molecule has 1 aliphatic rings. The van der Waals surface area contributed by atoms with Crippen molar-refractivity contribution in [1.29, 1.82) is 0 Å². The Balaban J connectivity index is 1.62. The van der Waals surface area contributed by atoms with E-state index in [1.807, 2.05) is 43.3 Å². The lowest BCUT2D eigenvalue weighted by atomic mass is 10.0. The van der Waals surface area contributed by atoms with Crippen LogP contribution in [0.4, 0.5) is 5.69 Å². The smallest absolute Gasteiger partial charge is 0.253 e. The Morgan fingerprint density at radius 3 is 2.63 bits per heavy atom. The Morgan fingerprint density at radius 2 is 1.85 bits per heavy atom. The van der Waals surface area contributed by atoms with E-state index in [1.54, 1.807) is 0 Å². The summed E-state index contributed by atoms with van der Waals surface area (Å²) in [6, 6.07) is 11.5. The van der Waals surface area contributed by atoms with Gasteiger partial charge in [-0.2, -0.15) is 0 Å². The largest absolute Gasteiger partial charge is 0.398 e. The number of hydrogen-bond acceptors (Lipinski definition) is 5. The van der Waals surface area contributed by atoms with E-state index in [4.69, 9.17) is 15.5 Å². The summed E-state index contributed by atoms with van der Waals surface area (Å²) in [4.78, 5) is 19.9. The molecule has 27 heavy (non-hydrogen) atoms. The number of benzene rings is 2. The lowest BCUT2D eigenvalue weighted by Crippen LogP contribution is -2.41. The lowest BCUT2D eigenvalue weighted by molar-refractivity contribution is 0.0383. The van der Waals surface area contributed by atoms with Gasteiger partial charge in [-0.25, -0.2) is 4.98 Å². The Morgan fingerprint density at radius 1 is 1.15 bits per heavy atom. The molecule has 3 aromatic rings. The SMILES string of the molecule is Cc1cccc2c(N)c3cccc(C(=O)NCCN4CCOCC4)c3nc12. The van der Waals surface area contributed by atoms with Crippen molar-refractivity contribution < 1.29 is 9.53 Å². The highest BCUT2D eigenvalue weighted by Gasteiger charge is 2.16. The molecule has 0 aliphatic carbocycles. The van der Waals surface area contributed by atoms with E-state index in [2.05, 4.69) is 10.2 Å². The normalized spacial score (nSPS) is 15.3. The van der Waals surface area contributed by atoms with E-state index in [1.165, 1.54) is 0 Å². The van der Waals surface area contributed by atoms with Gasteiger partial charge < -0.3 is 15.8 Å². The number of nitrogens with one attached hydrogen (secondary N) is 1. The minimum atomic E-state index is -0.117. The summed E-state index contributed by atoms with van der Waals surface area (Å²) in [6.45, 7) is 6.75. The number of anilines is 1. The molecule has 1 aromatic heterocycles. The number of carbonyl (C=O) groups excluding carboxylic acids is 1. The summed E-state index contributed by atoms with van der Waals surface area (Å²) in [5.41, 5.74) is 10.2. The fourth-order valence-electron chi connectivity index (χ4n) is 3.59. The number of rotatable bonds is 4. The Labute approximate surface area is 158 Å². The number of aromatic nitrogens is 1. The van der Waals surface area contributed by atoms with Crippen LogP contribution in [0.1, 0.15) is 15.9 Å². The monoisotopic (exact) mass is 364 g/mol. The average Bonchev–Trinajstić information content (AvgIpc) is 2.69. The summed E-state index contributed by atoms with van der Waals surface area (Å²) in [7, 11) is 0.